The second kappa shape index (κ2) is 3.78. The number of rotatable bonds is 1. The maximum atomic E-state index is 3.65. The number of hydrogen-bond acceptors (Lipinski definition) is 1. The Bertz CT molecular complexity index is 138. The molecule has 1 saturated carbocycles. The third-order valence-electron chi connectivity index (χ3n) is 3.64. The van der Waals surface area contributed by atoms with Crippen LogP contribution in [-0.2, 0) is 0 Å². The molecule has 1 N–H and O–H groups in total. The molecule has 0 aromatic heterocycles. The van der Waals surface area contributed by atoms with Crippen molar-refractivity contribution < 1.29 is 0 Å². The third kappa shape index (κ3) is 1.82. The zero-order valence-corrected chi connectivity index (χ0v) is 8.18. The zero-order valence-electron chi connectivity index (χ0n) is 8.18. The molecule has 12 heavy (non-hydrogen) atoms. The van der Waals surface area contributed by atoms with Crippen LogP contribution in [0.4, 0.5) is 0 Å². The minimum Gasteiger partial charge on any atom is -0.314 e. The molecule has 3 atom stereocenters. The summed E-state index contributed by atoms with van der Waals surface area (Å²) in [7, 11) is 0. The molecule has 1 nitrogen and oxygen atoms in total. The lowest BCUT2D eigenvalue weighted by Gasteiger charge is -2.31. The van der Waals surface area contributed by atoms with Crippen molar-refractivity contribution in [2.75, 3.05) is 6.54 Å². The SMILES string of the molecule is CC1CCCC(C2CCCN2)C1. The maximum absolute atomic E-state index is 3.65. The van der Waals surface area contributed by atoms with E-state index in [0.29, 0.717) is 0 Å². The van der Waals surface area contributed by atoms with E-state index >= 15 is 0 Å². The van der Waals surface area contributed by atoms with Crippen LogP contribution in [0.5, 0.6) is 0 Å². The Balaban J connectivity index is 1.85. The third-order valence-corrected chi connectivity index (χ3v) is 3.64. The van der Waals surface area contributed by atoms with Crippen LogP contribution in [0.3, 0.4) is 0 Å². The Labute approximate surface area is 75.9 Å². The Hall–Kier alpha value is -0.0400. The van der Waals surface area contributed by atoms with Crippen molar-refractivity contribution in [2.45, 2.75) is 51.5 Å². The lowest BCUT2D eigenvalue weighted by molar-refractivity contribution is 0.234. The lowest BCUT2D eigenvalue weighted by atomic mass is 9.78. The summed E-state index contributed by atoms with van der Waals surface area (Å²) < 4.78 is 0. The van der Waals surface area contributed by atoms with E-state index < -0.39 is 0 Å². The van der Waals surface area contributed by atoms with Gasteiger partial charge < -0.3 is 5.32 Å². The van der Waals surface area contributed by atoms with Crippen LogP contribution in [0.2, 0.25) is 0 Å². The van der Waals surface area contributed by atoms with Gasteiger partial charge >= 0.3 is 0 Å². The van der Waals surface area contributed by atoms with Crippen LogP contribution in [0.15, 0.2) is 0 Å². The van der Waals surface area contributed by atoms with Gasteiger partial charge in [0.15, 0.2) is 0 Å². The molecule has 2 aliphatic rings. The fourth-order valence-electron chi connectivity index (χ4n) is 2.96. The Morgan fingerprint density at radius 2 is 2.00 bits per heavy atom. The normalized spacial score (nSPS) is 43.2. The molecule has 0 bridgehead atoms. The number of hydrogen-bond donors (Lipinski definition) is 1. The van der Waals surface area contributed by atoms with Gasteiger partial charge in [-0.25, -0.2) is 0 Å². The molecule has 0 aromatic carbocycles. The molecule has 1 heteroatoms. The average molecular weight is 167 g/mol. The predicted octanol–water partition coefficient (Wildman–Crippen LogP) is 2.56. The summed E-state index contributed by atoms with van der Waals surface area (Å²) in [6.07, 6.45) is 8.78. The fraction of sp³-hybridized carbons (Fsp3) is 1.00. The second-order valence-corrected chi connectivity index (χ2v) is 4.73. The van der Waals surface area contributed by atoms with Crippen LogP contribution >= 0.6 is 0 Å². The Morgan fingerprint density at radius 3 is 2.67 bits per heavy atom. The molecule has 0 spiro atoms. The first kappa shape index (κ1) is 8.55. The van der Waals surface area contributed by atoms with Gasteiger partial charge in [0, 0.05) is 6.04 Å². The van der Waals surface area contributed by atoms with Gasteiger partial charge in [-0.05, 0) is 44.1 Å². The molecule has 0 aromatic rings. The van der Waals surface area contributed by atoms with Crippen molar-refractivity contribution in [3.8, 4) is 0 Å². The van der Waals surface area contributed by atoms with E-state index in [-0.39, 0.29) is 0 Å². The van der Waals surface area contributed by atoms with Crippen molar-refractivity contribution >= 4 is 0 Å². The summed E-state index contributed by atoms with van der Waals surface area (Å²) in [5.41, 5.74) is 0. The lowest BCUT2D eigenvalue weighted by Crippen LogP contribution is -2.33. The van der Waals surface area contributed by atoms with E-state index in [0.717, 1.165) is 17.9 Å². The minimum absolute atomic E-state index is 0.882. The first-order valence-corrected chi connectivity index (χ1v) is 5.59. The van der Waals surface area contributed by atoms with E-state index in [1.165, 1.54) is 45.1 Å². The van der Waals surface area contributed by atoms with E-state index in [4.69, 9.17) is 0 Å². The van der Waals surface area contributed by atoms with Gasteiger partial charge in [0.1, 0.15) is 0 Å². The van der Waals surface area contributed by atoms with Crippen molar-refractivity contribution in [1.29, 1.82) is 0 Å². The van der Waals surface area contributed by atoms with E-state index in [2.05, 4.69) is 12.2 Å². The highest BCUT2D eigenvalue weighted by atomic mass is 14.9. The Morgan fingerprint density at radius 1 is 1.08 bits per heavy atom. The zero-order chi connectivity index (χ0) is 8.39. The summed E-state index contributed by atoms with van der Waals surface area (Å²) in [5.74, 6) is 2.00. The van der Waals surface area contributed by atoms with Gasteiger partial charge in [-0.3, -0.25) is 0 Å². The van der Waals surface area contributed by atoms with Crippen LogP contribution in [0, 0.1) is 11.8 Å². The topological polar surface area (TPSA) is 12.0 Å². The van der Waals surface area contributed by atoms with Gasteiger partial charge in [0.05, 0.1) is 0 Å². The highest BCUT2D eigenvalue weighted by Crippen LogP contribution is 2.33. The standard InChI is InChI=1S/C11H21N/c1-9-4-2-5-10(8-9)11-6-3-7-12-11/h9-12H,2-8H2,1H3. The quantitative estimate of drug-likeness (QED) is 0.633. The van der Waals surface area contributed by atoms with E-state index in [9.17, 15) is 0 Å². The van der Waals surface area contributed by atoms with Gasteiger partial charge in [0.2, 0.25) is 0 Å². The molecule has 1 saturated heterocycles. The monoisotopic (exact) mass is 167 g/mol. The highest BCUT2D eigenvalue weighted by molar-refractivity contribution is 4.84. The van der Waals surface area contributed by atoms with E-state index in [1.54, 1.807) is 0 Å². The first-order valence-electron chi connectivity index (χ1n) is 5.59. The van der Waals surface area contributed by atoms with Crippen LogP contribution < -0.4 is 5.32 Å². The van der Waals surface area contributed by atoms with Crippen molar-refractivity contribution in [3.63, 3.8) is 0 Å². The summed E-state index contributed by atoms with van der Waals surface area (Å²) in [6.45, 7) is 3.69. The molecular weight excluding hydrogens is 146 g/mol. The second-order valence-electron chi connectivity index (χ2n) is 4.73. The molecule has 3 unspecified atom stereocenters. The molecule has 0 radical (unpaired) electrons. The highest BCUT2D eigenvalue weighted by Gasteiger charge is 2.28. The molecular formula is C11H21N. The van der Waals surface area contributed by atoms with Gasteiger partial charge in [-0.1, -0.05) is 19.8 Å². The summed E-state index contributed by atoms with van der Waals surface area (Å²) >= 11 is 0. The van der Waals surface area contributed by atoms with Crippen molar-refractivity contribution in [3.05, 3.63) is 0 Å². The fourth-order valence-corrected chi connectivity index (χ4v) is 2.96. The summed E-state index contributed by atoms with van der Waals surface area (Å²) in [5, 5.41) is 3.65. The molecule has 0 amide bonds. The van der Waals surface area contributed by atoms with E-state index in [1.807, 2.05) is 0 Å². The molecule has 1 heterocycles. The van der Waals surface area contributed by atoms with Crippen LogP contribution in [-0.4, -0.2) is 12.6 Å². The molecule has 2 fully saturated rings. The molecule has 2 rings (SSSR count). The van der Waals surface area contributed by atoms with Crippen molar-refractivity contribution in [2.24, 2.45) is 11.8 Å². The van der Waals surface area contributed by atoms with Crippen LogP contribution in [0.25, 0.3) is 0 Å². The first-order chi connectivity index (χ1) is 5.86. The maximum Gasteiger partial charge on any atom is 0.00958 e. The van der Waals surface area contributed by atoms with Gasteiger partial charge in [-0.2, -0.15) is 0 Å². The minimum atomic E-state index is 0.882. The van der Waals surface area contributed by atoms with Crippen LogP contribution in [0.1, 0.15) is 45.4 Å². The Kier molecular flexibility index (Phi) is 2.69. The largest absolute Gasteiger partial charge is 0.314 e. The molecule has 1 aliphatic heterocycles. The molecule has 70 valence electrons. The summed E-state index contributed by atoms with van der Waals surface area (Å²) in [6, 6.07) is 0.882. The number of nitrogens with one attached hydrogen (secondary N) is 1. The van der Waals surface area contributed by atoms with Gasteiger partial charge in [0.25, 0.3) is 0 Å². The predicted molar refractivity (Wildman–Crippen MR) is 52.1 cm³/mol. The van der Waals surface area contributed by atoms with Gasteiger partial charge in [-0.15, -0.1) is 0 Å². The van der Waals surface area contributed by atoms with Crippen molar-refractivity contribution in [1.82, 2.24) is 5.32 Å². The smallest absolute Gasteiger partial charge is 0.00958 e. The average Bonchev–Trinajstić information content (AvgIpc) is 2.56. The molecule has 1 aliphatic carbocycles. The summed E-state index contributed by atoms with van der Waals surface area (Å²) in [4.78, 5) is 0.